The first-order valence-electron chi connectivity index (χ1n) is 5.83. The molecule has 5 heteroatoms. The normalized spacial score (nSPS) is 12.5. The molecule has 1 aromatic rings. The zero-order valence-electron chi connectivity index (χ0n) is 10.5. The number of anilines is 1. The Bertz CT molecular complexity index is 380. The Morgan fingerprint density at radius 3 is 2.71 bits per heavy atom. The molecule has 94 valence electrons. The molecule has 0 amide bonds. The summed E-state index contributed by atoms with van der Waals surface area (Å²) in [4.78, 5) is 19.2. The maximum atomic E-state index is 11.1. The van der Waals surface area contributed by atoms with Gasteiger partial charge in [-0.05, 0) is 18.8 Å². The first-order valence-corrected chi connectivity index (χ1v) is 5.83. The molecule has 0 aliphatic heterocycles. The number of hydrogen-bond donors (Lipinski definition) is 2. The number of aryl methyl sites for hydroxylation is 1. The van der Waals surface area contributed by atoms with E-state index in [9.17, 15) is 4.79 Å². The number of carboxylic acids is 1. The zero-order chi connectivity index (χ0) is 12.8. The van der Waals surface area contributed by atoms with Gasteiger partial charge in [-0.15, -0.1) is 0 Å². The van der Waals surface area contributed by atoms with Gasteiger partial charge in [0, 0.05) is 11.8 Å². The topological polar surface area (TPSA) is 75.1 Å². The van der Waals surface area contributed by atoms with E-state index in [4.69, 9.17) is 5.11 Å². The van der Waals surface area contributed by atoms with E-state index in [0.717, 1.165) is 12.1 Å². The molecule has 1 atom stereocenters. The average Bonchev–Trinajstić information content (AvgIpc) is 2.27. The summed E-state index contributed by atoms with van der Waals surface area (Å²) in [5, 5.41) is 12.0. The maximum absolute atomic E-state index is 11.1. The molecule has 0 aromatic carbocycles. The van der Waals surface area contributed by atoms with Crippen LogP contribution in [0.1, 0.15) is 32.9 Å². The van der Waals surface area contributed by atoms with Crippen LogP contribution in [-0.4, -0.2) is 27.1 Å². The van der Waals surface area contributed by atoms with Gasteiger partial charge in [0.25, 0.3) is 0 Å². The Morgan fingerprint density at radius 2 is 2.18 bits per heavy atom. The van der Waals surface area contributed by atoms with E-state index >= 15 is 0 Å². The van der Waals surface area contributed by atoms with Crippen LogP contribution < -0.4 is 5.32 Å². The van der Waals surface area contributed by atoms with Crippen molar-refractivity contribution in [2.24, 2.45) is 5.92 Å². The summed E-state index contributed by atoms with van der Waals surface area (Å²) < 4.78 is 0. The Labute approximate surface area is 101 Å². The first kappa shape index (κ1) is 13.4. The smallest absolute Gasteiger partial charge is 0.326 e. The molecule has 0 aliphatic carbocycles. The highest BCUT2D eigenvalue weighted by molar-refractivity contribution is 5.76. The number of hydrogen-bond acceptors (Lipinski definition) is 4. The second-order valence-corrected chi connectivity index (χ2v) is 4.41. The van der Waals surface area contributed by atoms with Crippen molar-refractivity contribution in [2.45, 2.75) is 39.7 Å². The number of carboxylic acid groups (broad SMARTS) is 1. The van der Waals surface area contributed by atoms with Crippen molar-refractivity contribution in [1.29, 1.82) is 0 Å². The predicted octanol–water partition coefficient (Wildman–Crippen LogP) is 1.95. The molecular formula is C12H19N3O2. The number of rotatable bonds is 6. The number of aromatic nitrogens is 2. The highest BCUT2D eigenvalue weighted by Gasteiger charge is 2.19. The molecule has 1 rings (SSSR count). The fourth-order valence-electron chi connectivity index (χ4n) is 1.54. The van der Waals surface area contributed by atoms with Crippen LogP contribution in [0.2, 0.25) is 0 Å². The average molecular weight is 237 g/mol. The minimum atomic E-state index is -0.852. The van der Waals surface area contributed by atoms with Crippen LogP contribution in [0.5, 0.6) is 0 Å². The number of nitrogens with one attached hydrogen (secondary N) is 1. The summed E-state index contributed by atoms with van der Waals surface area (Å²) in [6, 6.07) is 1.19. The lowest BCUT2D eigenvalue weighted by Crippen LogP contribution is -2.31. The van der Waals surface area contributed by atoms with Crippen molar-refractivity contribution >= 4 is 11.8 Å². The van der Waals surface area contributed by atoms with E-state index in [1.165, 1.54) is 6.33 Å². The lowest BCUT2D eigenvalue weighted by atomic mass is 10.0. The number of nitrogens with zero attached hydrogens (tertiary/aromatic N) is 2. The molecule has 17 heavy (non-hydrogen) atoms. The molecule has 1 unspecified atom stereocenters. The monoisotopic (exact) mass is 237 g/mol. The van der Waals surface area contributed by atoms with E-state index in [-0.39, 0.29) is 0 Å². The Morgan fingerprint density at radius 1 is 1.47 bits per heavy atom. The van der Waals surface area contributed by atoms with Gasteiger partial charge in [-0.25, -0.2) is 14.8 Å². The third kappa shape index (κ3) is 4.38. The zero-order valence-corrected chi connectivity index (χ0v) is 10.5. The summed E-state index contributed by atoms with van der Waals surface area (Å²) in [5.41, 5.74) is 0.899. The van der Waals surface area contributed by atoms with Gasteiger partial charge < -0.3 is 10.4 Å². The summed E-state index contributed by atoms with van der Waals surface area (Å²) in [7, 11) is 0. The van der Waals surface area contributed by atoms with Gasteiger partial charge in [0.15, 0.2) is 0 Å². The van der Waals surface area contributed by atoms with E-state index in [1.54, 1.807) is 6.07 Å². The van der Waals surface area contributed by atoms with E-state index < -0.39 is 12.0 Å². The molecule has 5 nitrogen and oxygen atoms in total. The van der Waals surface area contributed by atoms with Crippen molar-refractivity contribution < 1.29 is 9.90 Å². The van der Waals surface area contributed by atoms with Gasteiger partial charge in [-0.1, -0.05) is 20.8 Å². The summed E-state index contributed by atoms with van der Waals surface area (Å²) in [5.74, 6) is 0.0383. The Kier molecular flexibility index (Phi) is 4.87. The summed E-state index contributed by atoms with van der Waals surface area (Å²) >= 11 is 0. The highest BCUT2D eigenvalue weighted by Crippen LogP contribution is 2.12. The van der Waals surface area contributed by atoms with Crippen LogP contribution in [0.3, 0.4) is 0 Å². The van der Waals surface area contributed by atoms with Crippen molar-refractivity contribution in [2.75, 3.05) is 5.32 Å². The van der Waals surface area contributed by atoms with Gasteiger partial charge >= 0.3 is 5.97 Å². The van der Waals surface area contributed by atoms with Gasteiger partial charge in [0.05, 0.1) is 0 Å². The number of aliphatic carboxylic acids is 1. The lowest BCUT2D eigenvalue weighted by Gasteiger charge is -2.17. The summed E-state index contributed by atoms with van der Waals surface area (Å²) in [6.07, 6.45) is 2.83. The Balaban J connectivity index is 2.74. The maximum Gasteiger partial charge on any atom is 0.326 e. The third-order valence-electron chi connectivity index (χ3n) is 2.41. The summed E-state index contributed by atoms with van der Waals surface area (Å²) in [6.45, 7) is 5.99. The molecule has 0 fully saturated rings. The molecule has 0 bridgehead atoms. The number of carbonyl (C=O) groups is 1. The van der Waals surface area contributed by atoms with Crippen LogP contribution in [0.25, 0.3) is 0 Å². The van der Waals surface area contributed by atoms with Crippen LogP contribution in [0.4, 0.5) is 5.82 Å². The van der Waals surface area contributed by atoms with E-state index in [1.807, 2.05) is 20.8 Å². The fraction of sp³-hybridized carbons (Fsp3) is 0.583. The minimum Gasteiger partial charge on any atom is -0.480 e. The second kappa shape index (κ2) is 6.18. The predicted molar refractivity (Wildman–Crippen MR) is 65.9 cm³/mol. The molecule has 0 saturated heterocycles. The van der Waals surface area contributed by atoms with Gasteiger partial charge in [0.2, 0.25) is 0 Å². The highest BCUT2D eigenvalue weighted by atomic mass is 16.4. The SMILES string of the molecule is CCc1cc(NC(CC(C)C)C(=O)O)ncn1. The molecule has 0 saturated carbocycles. The van der Waals surface area contributed by atoms with Gasteiger partial charge in [-0.3, -0.25) is 0 Å². The minimum absolute atomic E-state index is 0.316. The van der Waals surface area contributed by atoms with E-state index in [2.05, 4.69) is 15.3 Å². The first-order chi connectivity index (χ1) is 8.02. The van der Waals surface area contributed by atoms with Gasteiger partial charge in [0.1, 0.15) is 18.2 Å². The lowest BCUT2D eigenvalue weighted by molar-refractivity contribution is -0.138. The van der Waals surface area contributed by atoms with Crippen LogP contribution in [0, 0.1) is 5.92 Å². The van der Waals surface area contributed by atoms with Crippen molar-refractivity contribution in [3.63, 3.8) is 0 Å². The molecule has 1 aromatic heterocycles. The molecule has 2 N–H and O–H groups in total. The fourth-order valence-corrected chi connectivity index (χ4v) is 1.54. The standard InChI is InChI=1S/C12H19N3O2/c1-4-9-6-11(14-7-13-9)15-10(12(16)17)5-8(2)3/h6-8,10H,4-5H2,1-3H3,(H,16,17)(H,13,14,15). The largest absolute Gasteiger partial charge is 0.480 e. The molecular weight excluding hydrogens is 218 g/mol. The molecule has 1 heterocycles. The Hall–Kier alpha value is -1.65. The molecule has 0 spiro atoms. The second-order valence-electron chi connectivity index (χ2n) is 4.41. The van der Waals surface area contributed by atoms with Crippen molar-refractivity contribution in [1.82, 2.24) is 9.97 Å². The van der Waals surface area contributed by atoms with Crippen LogP contribution in [0.15, 0.2) is 12.4 Å². The quantitative estimate of drug-likeness (QED) is 0.791. The van der Waals surface area contributed by atoms with Crippen molar-refractivity contribution in [3.8, 4) is 0 Å². The van der Waals surface area contributed by atoms with Crippen LogP contribution in [-0.2, 0) is 11.2 Å². The molecule has 0 radical (unpaired) electrons. The third-order valence-corrected chi connectivity index (χ3v) is 2.41. The van der Waals surface area contributed by atoms with Gasteiger partial charge in [-0.2, -0.15) is 0 Å². The van der Waals surface area contributed by atoms with Crippen LogP contribution >= 0.6 is 0 Å². The van der Waals surface area contributed by atoms with E-state index in [0.29, 0.717) is 18.2 Å². The molecule has 0 aliphatic rings. The van der Waals surface area contributed by atoms with Crippen molar-refractivity contribution in [3.05, 3.63) is 18.1 Å².